The van der Waals surface area contributed by atoms with Gasteiger partial charge < -0.3 is 9.64 Å². The number of benzene rings is 1. The molecule has 0 fully saturated rings. The van der Waals surface area contributed by atoms with Crippen molar-refractivity contribution in [3.63, 3.8) is 0 Å². The van der Waals surface area contributed by atoms with Gasteiger partial charge in [-0.15, -0.1) is 11.3 Å². The number of aryl methyl sites for hydroxylation is 1. The van der Waals surface area contributed by atoms with Crippen molar-refractivity contribution in [3.8, 4) is 0 Å². The zero-order chi connectivity index (χ0) is 14.4. The Morgan fingerprint density at radius 1 is 1.35 bits per heavy atom. The maximum Gasteiger partial charge on any atom is 0.410 e. The van der Waals surface area contributed by atoms with Crippen LogP contribution in [0.4, 0.5) is 4.79 Å². The molecule has 0 aliphatic carbocycles. The fraction of sp³-hybridized carbons (Fsp3) is 0.333. The minimum absolute atomic E-state index is 0.293. The fourth-order valence-electron chi connectivity index (χ4n) is 1.72. The molecule has 0 unspecified atom stereocenters. The average Bonchev–Trinajstić information content (AvgIpc) is 2.93. The highest BCUT2D eigenvalue weighted by molar-refractivity contribution is 7.09. The summed E-state index contributed by atoms with van der Waals surface area (Å²) >= 11 is 1.62. The van der Waals surface area contributed by atoms with Gasteiger partial charge in [0, 0.05) is 12.4 Å². The van der Waals surface area contributed by atoms with Gasteiger partial charge in [0.1, 0.15) is 6.61 Å². The molecule has 0 saturated carbocycles. The van der Waals surface area contributed by atoms with Gasteiger partial charge in [-0.2, -0.15) is 0 Å². The Balaban J connectivity index is 1.82. The maximum atomic E-state index is 11.9. The van der Waals surface area contributed by atoms with Crippen LogP contribution in [0.5, 0.6) is 0 Å². The molecule has 1 aromatic carbocycles. The van der Waals surface area contributed by atoms with Gasteiger partial charge in [0.25, 0.3) is 0 Å². The summed E-state index contributed by atoms with van der Waals surface area (Å²) in [6.07, 6.45) is 0.590. The van der Waals surface area contributed by atoms with Crippen LogP contribution in [0.25, 0.3) is 0 Å². The van der Waals surface area contributed by atoms with E-state index in [-0.39, 0.29) is 6.09 Å². The highest BCUT2D eigenvalue weighted by Crippen LogP contribution is 2.12. The molecule has 106 valence electrons. The van der Waals surface area contributed by atoms with Crippen LogP contribution >= 0.6 is 11.3 Å². The molecule has 0 aliphatic rings. The van der Waals surface area contributed by atoms with Crippen LogP contribution in [0, 0.1) is 0 Å². The third-order valence-electron chi connectivity index (χ3n) is 2.82. The van der Waals surface area contributed by atoms with Gasteiger partial charge in [-0.05, 0) is 12.0 Å². The molecule has 0 aliphatic heterocycles. The van der Waals surface area contributed by atoms with Crippen molar-refractivity contribution in [2.45, 2.75) is 26.5 Å². The number of hydrogen-bond donors (Lipinski definition) is 0. The minimum Gasteiger partial charge on any atom is -0.445 e. The molecular formula is C15H18N2O2S. The number of aromatic nitrogens is 1. The highest BCUT2D eigenvalue weighted by Gasteiger charge is 2.12. The van der Waals surface area contributed by atoms with Crippen molar-refractivity contribution < 1.29 is 9.53 Å². The number of hydrogen-bond acceptors (Lipinski definition) is 4. The molecule has 1 amide bonds. The van der Waals surface area contributed by atoms with Crippen molar-refractivity contribution in [2.75, 3.05) is 7.05 Å². The van der Waals surface area contributed by atoms with E-state index in [0.29, 0.717) is 13.2 Å². The van der Waals surface area contributed by atoms with Crippen molar-refractivity contribution in [3.05, 3.63) is 52.0 Å². The van der Waals surface area contributed by atoms with E-state index in [0.717, 1.165) is 22.7 Å². The van der Waals surface area contributed by atoms with Crippen LogP contribution < -0.4 is 0 Å². The summed E-state index contributed by atoms with van der Waals surface area (Å²) < 4.78 is 5.26. The topological polar surface area (TPSA) is 42.4 Å². The molecule has 2 aromatic rings. The number of ether oxygens (including phenoxy) is 1. The summed E-state index contributed by atoms with van der Waals surface area (Å²) in [5, 5.41) is 3.07. The van der Waals surface area contributed by atoms with Crippen LogP contribution in [0.2, 0.25) is 0 Å². The van der Waals surface area contributed by atoms with Crippen molar-refractivity contribution in [1.82, 2.24) is 9.88 Å². The molecule has 5 heteroatoms. The normalized spacial score (nSPS) is 10.3. The number of rotatable bonds is 5. The first-order valence-electron chi connectivity index (χ1n) is 6.54. The van der Waals surface area contributed by atoms with E-state index in [1.54, 1.807) is 18.4 Å². The molecule has 1 heterocycles. The number of carbonyl (C=O) groups is 1. The Bertz CT molecular complexity index is 554. The predicted molar refractivity (Wildman–Crippen MR) is 79.6 cm³/mol. The molecule has 0 saturated heterocycles. The lowest BCUT2D eigenvalue weighted by Gasteiger charge is -2.15. The van der Waals surface area contributed by atoms with Gasteiger partial charge in [0.15, 0.2) is 0 Å². The quantitative estimate of drug-likeness (QED) is 0.846. The Hall–Kier alpha value is -1.88. The summed E-state index contributed by atoms with van der Waals surface area (Å²) in [4.78, 5) is 17.9. The maximum absolute atomic E-state index is 11.9. The number of carbonyl (C=O) groups excluding carboxylic acids is 1. The Morgan fingerprint density at radius 2 is 2.10 bits per heavy atom. The first kappa shape index (κ1) is 14.5. The van der Waals surface area contributed by atoms with Crippen LogP contribution in [-0.2, 0) is 24.3 Å². The largest absolute Gasteiger partial charge is 0.445 e. The monoisotopic (exact) mass is 290 g/mol. The molecule has 2 rings (SSSR count). The predicted octanol–water partition coefficient (Wildman–Crippen LogP) is 3.47. The second-order valence-electron chi connectivity index (χ2n) is 4.48. The Morgan fingerprint density at radius 3 is 2.75 bits per heavy atom. The SMILES string of the molecule is CCc1nc(CN(C)C(=O)OCc2ccccc2)cs1. The average molecular weight is 290 g/mol. The molecule has 0 atom stereocenters. The van der Waals surface area contributed by atoms with Crippen molar-refractivity contribution in [2.24, 2.45) is 0 Å². The van der Waals surface area contributed by atoms with E-state index in [2.05, 4.69) is 11.9 Å². The third kappa shape index (κ3) is 4.06. The molecule has 0 bridgehead atoms. The van der Waals surface area contributed by atoms with E-state index in [1.807, 2.05) is 35.7 Å². The fourth-order valence-corrected chi connectivity index (χ4v) is 2.46. The van der Waals surface area contributed by atoms with Crippen LogP contribution in [-0.4, -0.2) is 23.0 Å². The van der Waals surface area contributed by atoms with Crippen molar-refractivity contribution in [1.29, 1.82) is 0 Å². The van der Waals surface area contributed by atoms with Gasteiger partial charge in [0.2, 0.25) is 0 Å². The molecule has 0 radical (unpaired) electrons. The van der Waals surface area contributed by atoms with E-state index in [4.69, 9.17) is 4.74 Å². The zero-order valence-electron chi connectivity index (χ0n) is 11.7. The lowest BCUT2D eigenvalue weighted by molar-refractivity contribution is 0.102. The highest BCUT2D eigenvalue weighted by atomic mass is 32.1. The van der Waals surface area contributed by atoms with E-state index >= 15 is 0 Å². The number of thiazole rings is 1. The molecule has 4 nitrogen and oxygen atoms in total. The lowest BCUT2D eigenvalue weighted by Crippen LogP contribution is -2.27. The standard InChI is InChI=1S/C15H18N2O2S/c1-3-14-16-13(11-20-14)9-17(2)15(18)19-10-12-7-5-4-6-8-12/h4-8,11H,3,9-10H2,1-2H3. The number of amides is 1. The second-order valence-corrected chi connectivity index (χ2v) is 5.43. The summed E-state index contributed by atoms with van der Waals surface area (Å²) in [6.45, 7) is 2.84. The minimum atomic E-state index is -0.333. The van der Waals surface area contributed by atoms with Gasteiger partial charge in [-0.25, -0.2) is 9.78 Å². The lowest BCUT2D eigenvalue weighted by atomic mass is 10.2. The molecule has 1 aromatic heterocycles. The molecular weight excluding hydrogens is 272 g/mol. The second kappa shape index (κ2) is 7.05. The number of nitrogens with zero attached hydrogens (tertiary/aromatic N) is 2. The van der Waals surface area contributed by atoms with Crippen LogP contribution in [0.3, 0.4) is 0 Å². The first-order chi connectivity index (χ1) is 9.69. The summed E-state index contributed by atoms with van der Waals surface area (Å²) in [5.74, 6) is 0. The third-order valence-corrected chi connectivity index (χ3v) is 3.86. The Labute approximate surface area is 123 Å². The van der Waals surface area contributed by atoms with Gasteiger partial charge >= 0.3 is 6.09 Å². The van der Waals surface area contributed by atoms with Gasteiger partial charge in [0.05, 0.1) is 17.2 Å². The van der Waals surface area contributed by atoms with E-state index in [9.17, 15) is 4.79 Å². The van der Waals surface area contributed by atoms with E-state index < -0.39 is 0 Å². The molecule has 0 N–H and O–H groups in total. The summed E-state index contributed by atoms with van der Waals surface area (Å²) in [6, 6.07) is 9.65. The smallest absolute Gasteiger partial charge is 0.410 e. The summed E-state index contributed by atoms with van der Waals surface area (Å²) in [7, 11) is 1.72. The first-order valence-corrected chi connectivity index (χ1v) is 7.42. The zero-order valence-corrected chi connectivity index (χ0v) is 12.5. The van der Waals surface area contributed by atoms with Gasteiger partial charge in [-0.1, -0.05) is 37.3 Å². The van der Waals surface area contributed by atoms with Crippen LogP contribution in [0.1, 0.15) is 23.2 Å². The Kier molecular flexibility index (Phi) is 5.12. The summed E-state index contributed by atoms with van der Waals surface area (Å²) in [5.41, 5.74) is 1.89. The van der Waals surface area contributed by atoms with E-state index in [1.165, 1.54) is 4.90 Å². The van der Waals surface area contributed by atoms with Crippen LogP contribution in [0.15, 0.2) is 35.7 Å². The van der Waals surface area contributed by atoms with Gasteiger partial charge in [-0.3, -0.25) is 0 Å². The molecule has 0 spiro atoms. The van der Waals surface area contributed by atoms with Crippen molar-refractivity contribution >= 4 is 17.4 Å². The molecule has 20 heavy (non-hydrogen) atoms.